The van der Waals surface area contributed by atoms with Crippen molar-refractivity contribution in [1.29, 1.82) is 0 Å². The first-order valence-corrected chi connectivity index (χ1v) is 12.0. The fraction of sp³-hybridized carbons (Fsp3) is 0.308. The van der Waals surface area contributed by atoms with Crippen LogP contribution >= 0.6 is 12.2 Å². The molecule has 0 amide bonds. The van der Waals surface area contributed by atoms with E-state index in [0.717, 1.165) is 49.7 Å². The number of aryl methyl sites for hydroxylation is 3. The summed E-state index contributed by atoms with van der Waals surface area (Å²) in [7, 11) is 0. The number of para-hydroxylation sites is 2. The van der Waals surface area contributed by atoms with Crippen LogP contribution in [0, 0.1) is 13.8 Å². The van der Waals surface area contributed by atoms with Gasteiger partial charge in [-0.1, -0.05) is 43.3 Å². The van der Waals surface area contributed by atoms with E-state index in [1.165, 1.54) is 11.3 Å². The largest absolute Gasteiger partial charge is 0.368 e. The van der Waals surface area contributed by atoms with Crippen molar-refractivity contribution < 1.29 is 0 Å². The molecule has 2 N–H and O–H groups in total. The molecule has 0 atom stereocenters. The second kappa shape index (κ2) is 11.1. The van der Waals surface area contributed by atoms with Gasteiger partial charge in [0.1, 0.15) is 0 Å². The third-order valence-corrected chi connectivity index (χ3v) is 5.95. The van der Waals surface area contributed by atoms with Crippen LogP contribution in [0.2, 0.25) is 0 Å². The predicted octanol–water partition coefficient (Wildman–Crippen LogP) is 4.64. The predicted molar refractivity (Wildman–Crippen MR) is 145 cm³/mol. The quantitative estimate of drug-likeness (QED) is 0.325. The topological polar surface area (TPSA) is 68.7 Å². The second-order valence-electron chi connectivity index (χ2n) is 8.29. The lowest BCUT2D eigenvalue weighted by atomic mass is 10.1. The van der Waals surface area contributed by atoms with Gasteiger partial charge in [0.15, 0.2) is 0 Å². The number of hydrogen-bond donors (Lipinski definition) is 2. The first-order chi connectivity index (χ1) is 16.5. The highest BCUT2D eigenvalue weighted by molar-refractivity contribution is 7.80. The number of piperazine rings is 1. The summed E-state index contributed by atoms with van der Waals surface area (Å²) in [6.45, 7) is 9.43. The van der Waals surface area contributed by atoms with E-state index in [-0.39, 0.29) is 0 Å². The van der Waals surface area contributed by atoms with Crippen molar-refractivity contribution in [2.75, 3.05) is 41.7 Å². The van der Waals surface area contributed by atoms with Crippen molar-refractivity contribution >= 4 is 40.6 Å². The zero-order valence-corrected chi connectivity index (χ0v) is 20.8. The molecule has 2 heterocycles. The van der Waals surface area contributed by atoms with E-state index in [9.17, 15) is 0 Å². The van der Waals surface area contributed by atoms with E-state index in [4.69, 9.17) is 17.2 Å². The number of anilines is 3. The molecule has 0 unspecified atom stereocenters. The zero-order chi connectivity index (χ0) is 23.9. The minimum absolute atomic E-state index is 0.401. The van der Waals surface area contributed by atoms with Gasteiger partial charge in [-0.2, -0.15) is 4.99 Å². The van der Waals surface area contributed by atoms with Gasteiger partial charge in [0.25, 0.3) is 0 Å². The summed E-state index contributed by atoms with van der Waals surface area (Å²) in [6.07, 6.45) is 0.915. The molecule has 0 aliphatic carbocycles. The molecule has 2 aromatic carbocycles. The Morgan fingerprint density at radius 2 is 1.56 bits per heavy atom. The minimum Gasteiger partial charge on any atom is -0.368 e. The molecule has 0 spiro atoms. The molecule has 0 radical (unpaired) electrons. The maximum Gasteiger partial charge on any atom is 0.229 e. The van der Waals surface area contributed by atoms with Crippen LogP contribution in [0.3, 0.4) is 0 Å². The summed E-state index contributed by atoms with van der Waals surface area (Å²) in [4.78, 5) is 18.5. The summed E-state index contributed by atoms with van der Waals surface area (Å²) in [5.74, 6) is 1.18. The number of rotatable bonds is 4. The van der Waals surface area contributed by atoms with E-state index in [2.05, 4.69) is 67.7 Å². The van der Waals surface area contributed by atoms with Crippen molar-refractivity contribution in [2.45, 2.75) is 27.2 Å². The van der Waals surface area contributed by atoms with Crippen LogP contribution < -0.4 is 15.5 Å². The van der Waals surface area contributed by atoms with E-state index in [1.807, 2.05) is 44.2 Å². The maximum absolute atomic E-state index is 5.64. The van der Waals surface area contributed by atoms with E-state index in [1.54, 1.807) is 0 Å². The third kappa shape index (κ3) is 6.08. The molecule has 1 fully saturated rings. The fourth-order valence-electron chi connectivity index (χ4n) is 4.06. The van der Waals surface area contributed by atoms with Gasteiger partial charge in [-0.25, -0.2) is 9.97 Å². The van der Waals surface area contributed by atoms with E-state index in [0.29, 0.717) is 17.0 Å². The molecule has 1 saturated heterocycles. The van der Waals surface area contributed by atoms with Crippen LogP contribution in [-0.2, 0) is 6.42 Å². The Labute approximate surface area is 207 Å². The lowest BCUT2D eigenvalue weighted by Crippen LogP contribution is -2.51. The van der Waals surface area contributed by atoms with Crippen LogP contribution in [0.1, 0.15) is 23.9 Å². The summed E-state index contributed by atoms with van der Waals surface area (Å²) in [5.41, 5.74) is 5.22. The van der Waals surface area contributed by atoms with Gasteiger partial charge in [0.05, 0.1) is 0 Å². The number of benzene rings is 2. The van der Waals surface area contributed by atoms with Gasteiger partial charge in [0.2, 0.25) is 17.0 Å². The van der Waals surface area contributed by atoms with Gasteiger partial charge >= 0.3 is 0 Å². The summed E-state index contributed by atoms with van der Waals surface area (Å²) in [5, 5.41) is 7.04. The zero-order valence-electron chi connectivity index (χ0n) is 20.0. The number of nitrogens with one attached hydrogen (secondary N) is 2. The van der Waals surface area contributed by atoms with Crippen molar-refractivity contribution in [3.63, 3.8) is 0 Å². The average Bonchev–Trinajstić information content (AvgIpc) is 2.84. The van der Waals surface area contributed by atoms with Gasteiger partial charge in [0, 0.05) is 48.9 Å². The summed E-state index contributed by atoms with van der Waals surface area (Å²) >= 11 is 5.64. The Morgan fingerprint density at radius 1 is 0.912 bits per heavy atom. The lowest BCUT2D eigenvalue weighted by Gasteiger charge is -2.37. The molecule has 3 aromatic rings. The van der Waals surface area contributed by atoms with Gasteiger partial charge in [-0.15, -0.1) is 0 Å². The van der Waals surface area contributed by atoms with Crippen molar-refractivity contribution in [2.24, 2.45) is 4.99 Å². The van der Waals surface area contributed by atoms with Crippen LogP contribution in [0.25, 0.3) is 0 Å². The molecule has 4 rings (SSSR count). The first-order valence-electron chi connectivity index (χ1n) is 11.6. The molecule has 1 aliphatic rings. The highest BCUT2D eigenvalue weighted by atomic mass is 32.1. The fourth-order valence-corrected chi connectivity index (χ4v) is 4.26. The number of thiocarbonyl (C=S) groups is 1. The third-order valence-electron chi connectivity index (χ3n) is 5.75. The molecule has 1 aliphatic heterocycles. The molecule has 7 nitrogen and oxygen atoms in total. The Morgan fingerprint density at radius 3 is 2.24 bits per heavy atom. The van der Waals surface area contributed by atoms with Crippen LogP contribution in [-0.4, -0.2) is 52.1 Å². The van der Waals surface area contributed by atoms with Crippen LogP contribution in [0.5, 0.6) is 0 Å². The monoisotopic (exact) mass is 473 g/mol. The molecule has 8 heteroatoms. The van der Waals surface area contributed by atoms with E-state index >= 15 is 0 Å². The van der Waals surface area contributed by atoms with Gasteiger partial charge < -0.3 is 15.1 Å². The SMILES string of the molecule is CCc1ccccc1NC(=S)/N=C(/Nc1nc(C)cc(C)n1)N1CCN(c2ccccc2)CC1. The molecule has 1 aromatic heterocycles. The highest BCUT2D eigenvalue weighted by Crippen LogP contribution is 2.18. The Kier molecular flexibility index (Phi) is 7.69. The molecule has 176 valence electrons. The number of aliphatic imine (C=N–C) groups is 1. The number of hydrogen-bond acceptors (Lipinski definition) is 4. The van der Waals surface area contributed by atoms with Crippen LogP contribution in [0.15, 0.2) is 65.7 Å². The Hall–Kier alpha value is -3.52. The molecule has 0 bridgehead atoms. The smallest absolute Gasteiger partial charge is 0.229 e. The number of guanidine groups is 1. The second-order valence-corrected chi connectivity index (χ2v) is 8.67. The summed E-state index contributed by atoms with van der Waals surface area (Å²) < 4.78 is 0. The molecular weight excluding hydrogens is 442 g/mol. The van der Waals surface area contributed by atoms with Crippen molar-refractivity contribution in [1.82, 2.24) is 14.9 Å². The average molecular weight is 474 g/mol. The van der Waals surface area contributed by atoms with Crippen molar-refractivity contribution in [3.05, 3.63) is 77.6 Å². The van der Waals surface area contributed by atoms with E-state index < -0.39 is 0 Å². The lowest BCUT2D eigenvalue weighted by molar-refractivity contribution is 0.385. The Balaban J connectivity index is 1.54. The minimum atomic E-state index is 0.401. The van der Waals surface area contributed by atoms with Gasteiger partial charge in [-0.05, 0) is 62.3 Å². The maximum atomic E-state index is 5.64. The molecular formula is C26H31N7S. The number of nitrogens with zero attached hydrogens (tertiary/aromatic N) is 5. The number of aromatic nitrogens is 2. The normalized spacial score (nSPS) is 14.1. The molecule has 34 heavy (non-hydrogen) atoms. The van der Waals surface area contributed by atoms with Crippen molar-refractivity contribution in [3.8, 4) is 0 Å². The van der Waals surface area contributed by atoms with Crippen LogP contribution in [0.4, 0.5) is 17.3 Å². The standard InChI is InChI=1S/C26H31N7S/c1-4-21-10-8-9-13-23(21)29-26(34)31-25(30-24-27-19(2)18-20(3)28-24)33-16-14-32(15-17-33)22-11-6-5-7-12-22/h5-13,18H,4,14-17H2,1-3H3,(H2,27,28,29,30,31,34). The molecule has 0 saturated carbocycles. The summed E-state index contributed by atoms with van der Waals surface area (Å²) in [6, 6.07) is 20.6. The highest BCUT2D eigenvalue weighted by Gasteiger charge is 2.21. The first kappa shape index (κ1) is 23.6. The van der Waals surface area contributed by atoms with Gasteiger partial charge in [-0.3, -0.25) is 5.32 Å². The Bertz CT molecular complexity index is 1130.